The lowest BCUT2D eigenvalue weighted by atomic mass is 9.81. The van der Waals surface area contributed by atoms with Gasteiger partial charge in [0.05, 0.1) is 0 Å². The van der Waals surface area contributed by atoms with Gasteiger partial charge >= 0.3 is 0 Å². The molecule has 0 aromatic heterocycles. The molecular formula is C31H51N3. The van der Waals surface area contributed by atoms with Crippen molar-refractivity contribution >= 4 is 0 Å². The van der Waals surface area contributed by atoms with Gasteiger partial charge in [0.2, 0.25) is 0 Å². The van der Waals surface area contributed by atoms with Gasteiger partial charge in [-0.3, -0.25) is 14.7 Å². The largest absolute Gasteiger partial charge is 0.300 e. The van der Waals surface area contributed by atoms with E-state index in [2.05, 4.69) is 45.9 Å². The molecule has 6 heterocycles. The molecule has 0 aromatic carbocycles. The molecule has 0 amide bonds. The first kappa shape index (κ1) is 23.7. The fraction of sp³-hybridized carbons (Fsp3) is 0.871. The smallest absolute Gasteiger partial charge is 0.0306 e. The van der Waals surface area contributed by atoms with Crippen LogP contribution in [0, 0.1) is 23.7 Å². The third kappa shape index (κ3) is 5.23. The van der Waals surface area contributed by atoms with Crippen molar-refractivity contribution in [3.63, 3.8) is 0 Å². The van der Waals surface area contributed by atoms with Gasteiger partial charge in [0.1, 0.15) is 0 Å². The van der Waals surface area contributed by atoms with Crippen molar-refractivity contribution in [2.75, 3.05) is 32.7 Å². The molecule has 8 atom stereocenters. The molecule has 6 aliphatic heterocycles. The molecule has 0 spiro atoms. The van der Waals surface area contributed by atoms with E-state index in [0.29, 0.717) is 0 Å². The molecule has 0 aliphatic carbocycles. The molecule has 34 heavy (non-hydrogen) atoms. The van der Waals surface area contributed by atoms with Gasteiger partial charge in [-0.2, -0.15) is 0 Å². The number of fused-ring (bicyclic) bond motifs is 3. The van der Waals surface area contributed by atoms with Crippen LogP contribution in [0.25, 0.3) is 0 Å². The predicted octanol–water partition coefficient (Wildman–Crippen LogP) is 6.12. The lowest BCUT2D eigenvalue weighted by Crippen LogP contribution is -2.52. The van der Waals surface area contributed by atoms with Crippen molar-refractivity contribution in [3.8, 4) is 0 Å². The minimum Gasteiger partial charge on any atom is -0.300 e. The summed E-state index contributed by atoms with van der Waals surface area (Å²) in [5.74, 6) is 3.69. The van der Waals surface area contributed by atoms with Crippen molar-refractivity contribution in [2.24, 2.45) is 23.7 Å². The average molecular weight is 466 g/mol. The summed E-state index contributed by atoms with van der Waals surface area (Å²) in [5.41, 5.74) is 0. The fourth-order valence-corrected chi connectivity index (χ4v) is 9.06. The van der Waals surface area contributed by atoms with E-state index in [1.807, 2.05) is 0 Å². The van der Waals surface area contributed by atoms with Crippen LogP contribution >= 0.6 is 0 Å². The highest BCUT2D eigenvalue weighted by molar-refractivity contribution is 5.07. The third-order valence-electron chi connectivity index (χ3n) is 10.9. The van der Waals surface area contributed by atoms with E-state index in [0.717, 1.165) is 47.8 Å². The van der Waals surface area contributed by atoms with E-state index in [-0.39, 0.29) is 0 Å². The van der Waals surface area contributed by atoms with Gasteiger partial charge in [0.25, 0.3) is 0 Å². The summed E-state index contributed by atoms with van der Waals surface area (Å²) in [6.45, 7) is 9.34. The quantitative estimate of drug-likeness (QED) is 0.463. The van der Waals surface area contributed by atoms with Gasteiger partial charge in [-0.05, 0) is 107 Å². The second kappa shape index (κ2) is 10.8. The monoisotopic (exact) mass is 465 g/mol. The van der Waals surface area contributed by atoms with E-state index in [1.54, 1.807) is 0 Å². The molecule has 6 rings (SSSR count). The van der Waals surface area contributed by atoms with Crippen molar-refractivity contribution < 1.29 is 0 Å². The Morgan fingerprint density at radius 2 is 1.53 bits per heavy atom. The number of piperidine rings is 3. The Morgan fingerprint density at radius 3 is 2.47 bits per heavy atom. The third-order valence-corrected chi connectivity index (χ3v) is 10.9. The van der Waals surface area contributed by atoms with Gasteiger partial charge < -0.3 is 0 Å². The Bertz CT molecular complexity index is 730. The lowest BCUT2D eigenvalue weighted by Gasteiger charge is -2.48. The minimum absolute atomic E-state index is 0.733. The Kier molecular flexibility index (Phi) is 7.52. The number of nitrogens with zero attached hydrogens (tertiary/aromatic N) is 3. The summed E-state index contributed by atoms with van der Waals surface area (Å²) < 4.78 is 0. The van der Waals surface area contributed by atoms with Crippen LogP contribution in [0.5, 0.6) is 0 Å². The normalized spacial score (nSPS) is 44.1. The SMILES string of the molecule is CC1CCCN2C(CC3CCC4CCCC(CC5CCC6C=CCCN6C5)CN4C3)CC=CC12. The van der Waals surface area contributed by atoms with Crippen molar-refractivity contribution in [1.82, 2.24) is 14.7 Å². The first-order chi connectivity index (χ1) is 16.7. The highest BCUT2D eigenvalue weighted by atomic mass is 15.2. The van der Waals surface area contributed by atoms with E-state index in [1.165, 1.54) is 116 Å². The highest BCUT2D eigenvalue weighted by Gasteiger charge is 2.38. The second-order valence-electron chi connectivity index (χ2n) is 13.2. The molecule has 0 bridgehead atoms. The lowest BCUT2D eigenvalue weighted by molar-refractivity contribution is 0.0384. The molecule has 4 fully saturated rings. The van der Waals surface area contributed by atoms with Crippen LogP contribution in [-0.4, -0.2) is 71.6 Å². The summed E-state index contributed by atoms with van der Waals surface area (Å²) in [7, 11) is 0. The number of hydrogen-bond donors (Lipinski definition) is 0. The summed E-state index contributed by atoms with van der Waals surface area (Å²) in [6, 6.07) is 3.22. The van der Waals surface area contributed by atoms with E-state index < -0.39 is 0 Å². The topological polar surface area (TPSA) is 9.72 Å². The van der Waals surface area contributed by atoms with Crippen LogP contribution in [-0.2, 0) is 0 Å². The predicted molar refractivity (Wildman–Crippen MR) is 143 cm³/mol. The zero-order valence-electron chi connectivity index (χ0n) is 22.0. The van der Waals surface area contributed by atoms with E-state index in [9.17, 15) is 0 Å². The van der Waals surface area contributed by atoms with Gasteiger partial charge in [-0.15, -0.1) is 0 Å². The molecule has 0 saturated carbocycles. The Balaban J connectivity index is 1.04. The molecule has 190 valence electrons. The van der Waals surface area contributed by atoms with Crippen molar-refractivity contribution in [3.05, 3.63) is 24.3 Å². The Labute approximate surface area is 210 Å². The molecule has 0 radical (unpaired) electrons. The summed E-state index contributed by atoms with van der Waals surface area (Å²) in [5, 5.41) is 0. The molecule has 3 nitrogen and oxygen atoms in total. The minimum atomic E-state index is 0.733. The van der Waals surface area contributed by atoms with Gasteiger partial charge in [-0.1, -0.05) is 37.6 Å². The zero-order chi connectivity index (χ0) is 22.9. The van der Waals surface area contributed by atoms with E-state index in [4.69, 9.17) is 0 Å². The summed E-state index contributed by atoms with van der Waals surface area (Å²) >= 11 is 0. The standard InChI is InChI=1S/C31H51N3/c1-24-7-6-18-34-30(11-5-12-31(24)34)20-27-14-16-29-10-4-8-25(22-33(29)23-27)19-26-13-15-28-9-2-3-17-32(28)21-26/h2,5,9,12,24-31H,3-4,6-8,10-11,13-23H2,1H3. The highest BCUT2D eigenvalue weighted by Crippen LogP contribution is 2.38. The van der Waals surface area contributed by atoms with Gasteiger partial charge in [0, 0.05) is 50.3 Å². The van der Waals surface area contributed by atoms with Crippen LogP contribution in [0.15, 0.2) is 24.3 Å². The first-order valence-electron chi connectivity index (χ1n) is 15.3. The van der Waals surface area contributed by atoms with E-state index >= 15 is 0 Å². The summed E-state index contributed by atoms with van der Waals surface area (Å²) in [4.78, 5) is 8.73. The average Bonchev–Trinajstić information content (AvgIpc) is 3.06. The first-order valence-corrected chi connectivity index (χ1v) is 15.3. The van der Waals surface area contributed by atoms with Crippen LogP contribution in [0.3, 0.4) is 0 Å². The van der Waals surface area contributed by atoms with Crippen LogP contribution in [0.1, 0.15) is 90.4 Å². The van der Waals surface area contributed by atoms with Crippen molar-refractivity contribution in [1.29, 1.82) is 0 Å². The van der Waals surface area contributed by atoms with Crippen LogP contribution < -0.4 is 0 Å². The maximum atomic E-state index is 3.01. The van der Waals surface area contributed by atoms with Crippen LogP contribution in [0.2, 0.25) is 0 Å². The fourth-order valence-electron chi connectivity index (χ4n) is 9.06. The van der Waals surface area contributed by atoms with Gasteiger partial charge in [-0.25, -0.2) is 0 Å². The Hall–Kier alpha value is -0.640. The van der Waals surface area contributed by atoms with Crippen LogP contribution in [0.4, 0.5) is 0 Å². The Morgan fingerprint density at radius 1 is 0.706 bits per heavy atom. The molecule has 6 aliphatic rings. The van der Waals surface area contributed by atoms with Crippen molar-refractivity contribution in [2.45, 2.75) is 115 Å². The number of hydrogen-bond acceptors (Lipinski definition) is 3. The molecule has 0 aromatic rings. The molecule has 4 saturated heterocycles. The zero-order valence-corrected chi connectivity index (χ0v) is 22.0. The van der Waals surface area contributed by atoms with Gasteiger partial charge in [0.15, 0.2) is 0 Å². The molecule has 0 N–H and O–H groups in total. The molecule has 3 heteroatoms. The molecule has 8 unspecified atom stereocenters. The summed E-state index contributed by atoms with van der Waals surface area (Å²) in [6.07, 6.45) is 28.7. The maximum Gasteiger partial charge on any atom is 0.0306 e. The maximum absolute atomic E-state index is 3.01. The second-order valence-corrected chi connectivity index (χ2v) is 13.2. The molecular weight excluding hydrogens is 414 g/mol. The number of rotatable bonds is 4.